The number of benzene rings is 1. The SMILES string of the molecule is Cc1ccc(NC2CCNC(C)(C)C2)c(Br)c1. The van der Waals surface area contributed by atoms with Crippen LogP contribution in [-0.2, 0) is 0 Å². The normalized spacial score (nSPS) is 23.4. The Bertz CT molecular complexity index is 401. The Morgan fingerprint density at radius 2 is 2.18 bits per heavy atom. The number of halogens is 1. The summed E-state index contributed by atoms with van der Waals surface area (Å²) in [5.41, 5.74) is 2.74. The van der Waals surface area contributed by atoms with Gasteiger partial charge in [-0.1, -0.05) is 6.07 Å². The van der Waals surface area contributed by atoms with Gasteiger partial charge in [-0.05, 0) is 73.8 Å². The Morgan fingerprint density at radius 1 is 1.41 bits per heavy atom. The highest BCUT2D eigenvalue weighted by atomic mass is 79.9. The van der Waals surface area contributed by atoms with Crippen LogP contribution in [0.25, 0.3) is 0 Å². The van der Waals surface area contributed by atoms with E-state index in [1.165, 1.54) is 17.7 Å². The van der Waals surface area contributed by atoms with Crippen molar-refractivity contribution in [3.63, 3.8) is 0 Å². The molecule has 1 aromatic rings. The standard InChI is InChI=1S/C14H21BrN2/c1-10-4-5-13(12(15)8-10)17-11-6-7-16-14(2,3)9-11/h4-5,8,11,16-17H,6-7,9H2,1-3H3. The fourth-order valence-electron chi connectivity index (χ4n) is 2.46. The molecule has 2 N–H and O–H groups in total. The molecule has 0 amide bonds. The number of nitrogens with one attached hydrogen (secondary N) is 2. The molecule has 1 unspecified atom stereocenters. The first-order valence-corrected chi connectivity index (χ1v) is 7.03. The summed E-state index contributed by atoms with van der Waals surface area (Å²) in [5.74, 6) is 0. The third-order valence-electron chi connectivity index (χ3n) is 3.34. The molecule has 17 heavy (non-hydrogen) atoms. The number of hydrogen-bond acceptors (Lipinski definition) is 2. The maximum absolute atomic E-state index is 3.65. The van der Waals surface area contributed by atoms with Gasteiger partial charge in [-0.3, -0.25) is 0 Å². The molecule has 1 aliphatic rings. The van der Waals surface area contributed by atoms with Gasteiger partial charge < -0.3 is 10.6 Å². The summed E-state index contributed by atoms with van der Waals surface area (Å²) in [6.45, 7) is 7.74. The quantitative estimate of drug-likeness (QED) is 0.869. The van der Waals surface area contributed by atoms with E-state index < -0.39 is 0 Å². The topological polar surface area (TPSA) is 24.1 Å². The maximum Gasteiger partial charge on any atom is 0.0486 e. The van der Waals surface area contributed by atoms with Crippen LogP contribution in [-0.4, -0.2) is 18.1 Å². The molecular formula is C14H21BrN2. The van der Waals surface area contributed by atoms with Gasteiger partial charge in [0.2, 0.25) is 0 Å². The van der Waals surface area contributed by atoms with Crippen molar-refractivity contribution in [2.45, 2.75) is 45.2 Å². The molecule has 1 aliphatic heterocycles. The Kier molecular flexibility index (Phi) is 3.79. The molecule has 2 nitrogen and oxygen atoms in total. The average molecular weight is 297 g/mol. The predicted molar refractivity (Wildman–Crippen MR) is 77.6 cm³/mol. The molecule has 1 heterocycles. The summed E-state index contributed by atoms with van der Waals surface area (Å²) in [5, 5.41) is 7.19. The van der Waals surface area contributed by atoms with Crippen LogP contribution in [0.4, 0.5) is 5.69 Å². The lowest BCUT2D eigenvalue weighted by atomic mass is 9.89. The van der Waals surface area contributed by atoms with E-state index in [1.54, 1.807) is 0 Å². The Hall–Kier alpha value is -0.540. The molecule has 0 spiro atoms. The second kappa shape index (κ2) is 4.99. The van der Waals surface area contributed by atoms with Gasteiger partial charge in [0, 0.05) is 21.7 Å². The molecule has 0 saturated carbocycles. The Balaban J connectivity index is 2.05. The molecule has 1 saturated heterocycles. The van der Waals surface area contributed by atoms with Crippen molar-refractivity contribution < 1.29 is 0 Å². The third kappa shape index (κ3) is 3.46. The third-order valence-corrected chi connectivity index (χ3v) is 3.99. The molecular weight excluding hydrogens is 276 g/mol. The Labute approximate surface area is 112 Å². The monoisotopic (exact) mass is 296 g/mol. The molecule has 0 aromatic heterocycles. The molecule has 94 valence electrons. The lowest BCUT2D eigenvalue weighted by Gasteiger charge is -2.37. The van der Waals surface area contributed by atoms with Gasteiger partial charge in [0.15, 0.2) is 0 Å². The van der Waals surface area contributed by atoms with Gasteiger partial charge in [0.25, 0.3) is 0 Å². The van der Waals surface area contributed by atoms with Crippen molar-refractivity contribution in [3.8, 4) is 0 Å². The van der Waals surface area contributed by atoms with Crippen LogP contribution in [0.15, 0.2) is 22.7 Å². The highest BCUT2D eigenvalue weighted by Crippen LogP contribution is 2.27. The van der Waals surface area contributed by atoms with Crippen LogP contribution < -0.4 is 10.6 Å². The first-order valence-electron chi connectivity index (χ1n) is 6.24. The zero-order valence-electron chi connectivity index (χ0n) is 10.8. The predicted octanol–water partition coefficient (Wildman–Crippen LogP) is 3.70. The second-order valence-electron chi connectivity index (χ2n) is 5.63. The van der Waals surface area contributed by atoms with Crippen LogP contribution in [0.3, 0.4) is 0 Å². The van der Waals surface area contributed by atoms with Crippen LogP contribution in [0.2, 0.25) is 0 Å². The van der Waals surface area contributed by atoms with Crippen molar-refractivity contribution in [3.05, 3.63) is 28.2 Å². The highest BCUT2D eigenvalue weighted by Gasteiger charge is 2.27. The van der Waals surface area contributed by atoms with Gasteiger partial charge in [0.05, 0.1) is 0 Å². The van der Waals surface area contributed by atoms with E-state index >= 15 is 0 Å². The van der Waals surface area contributed by atoms with Crippen molar-refractivity contribution in [2.75, 3.05) is 11.9 Å². The summed E-state index contributed by atoms with van der Waals surface area (Å²) in [6.07, 6.45) is 2.34. The van der Waals surface area contributed by atoms with Gasteiger partial charge in [-0.15, -0.1) is 0 Å². The largest absolute Gasteiger partial charge is 0.381 e. The van der Waals surface area contributed by atoms with Crippen LogP contribution in [0.5, 0.6) is 0 Å². The van der Waals surface area contributed by atoms with E-state index in [9.17, 15) is 0 Å². The van der Waals surface area contributed by atoms with Crippen molar-refractivity contribution >= 4 is 21.6 Å². The summed E-state index contributed by atoms with van der Waals surface area (Å²) >= 11 is 3.62. The maximum atomic E-state index is 3.65. The molecule has 1 fully saturated rings. The lowest BCUT2D eigenvalue weighted by Crippen LogP contribution is -2.50. The fraction of sp³-hybridized carbons (Fsp3) is 0.571. The molecule has 3 heteroatoms. The van der Waals surface area contributed by atoms with Gasteiger partial charge in [-0.2, -0.15) is 0 Å². The molecule has 1 atom stereocenters. The molecule has 2 rings (SSSR count). The summed E-state index contributed by atoms with van der Waals surface area (Å²) in [7, 11) is 0. The minimum absolute atomic E-state index is 0.243. The number of piperidine rings is 1. The van der Waals surface area contributed by atoms with E-state index in [4.69, 9.17) is 0 Å². The van der Waals surface area contributed by atoms with Crippen molar-refractivity contribution in [2.24, 2.45) is 0 Å². The highest BCUT2D eigenvalue weighted by molar-refractivity contribution is 9.10. The minimum atomic E-state index is 0.243. The number of hydrogen-bond donors (Lipinski definition) is 2. The van der Waals surface area contributed by atoms with E-state index in [0.29, 0.717) is 6.04 Å². The number of rotatable bonds is 2. The number of anilines is 1. The van der Waals surface area contributed by atoms with Crippen molar-refractivity contribution in [1.29, 1.82) is 0 Å². The second-order valence-corrected chi connectivity index (χ2v) is 6.48. The summed E-state index contributed by atoms with van der Waals surface area (Å²) in [4.78, 5) is 0. The first kappa shape index (κ1) is 12.9. The van der Waals surface area contributed by atoms with E-state index in [1.807, 2.05) is 0 Å². The van der Waals surface area contributed by atoms with Gasteiger partial charge >= 0.3 is 0 Å². The number of aryl methyl sites for hydroxylation is 1. The molecule has 0 aliphatic carbocycles. The summed E-state index contributed by atoms with van der Waals surface area (Å²) < 4.78 is 1.16. The lowest BCUT2D eigenvalue weighted by molar-refractivity contribution is 0.286. The van der Waals surface area contributed by atoms with E-state index in [0.717, 1.165) is 17.4 Å². The van der Waals surface area contributed by atoms with E-state index in [2.05, 4.69) is 65.5 Å². The van der Waals surface area contributed by atoms with Gasteiger partial charge in [0.1, 0.15) is 0 Å². The zero-order valence-corrected chi connectivity index (χ0v) is 12.4. The zero-order chi connectivity index (χ0) is 12.5. The van der Waals surface area contributed by atoms with Crippen LogP contribution >= 0.6 is 15.9 Å². The summed E-state index contributed by atoms with van der Waals surface area (Å²) in [6, 6.07) is 7.03. The first-order chi connectivity index (χ1) is 7.96. The molecule has 0 radical (unpaired) electrons. The van der Waals surface area contributed by atoms with Crippen LogP contribution in [0, 0.1) is 6.92 Å². The van der Waals surface area contributed by atoms with E-state index in [-0.39, 0.29) is 5.54 Å². The molecule has 1 aromatic carbocycles. The smallest absolute Gasteiger partial charge is 0.0486 e. The Morgan fingerprint density at radius 3 is 2.82 bits per heavy atom. The van der Waals surface area contributed by atoms with Crippen LogP contribution in [0.1, 0.15) is 32.3 Å². The van der Waals surface area contributed by atoms with Gasteiger partial charge in [-0.25, -0.2) is 0 Å². The van der Waals surface area contributed by atoms with Crippen molar-refractivity contribution in [1.82, 2.24) is 5.32 Å². The molecule has 0 bridgehead atoms. The fourth-order valence-corrected chi connectivity index (χ4v) is 3.06. The average Bonchev–Trinajstić information content (AvgIpc) is 2.21. The minimum Gasteiger partial charge on any atom is -0.381 e.